The summed E-state index contributed by atoms with van der Waals surface area (Å²) in [4.78, 5) is 29.2. The van der Waals surface area contributed by atoms with Crippen LogP contribution in [0.5, 0.6) is 0 Å². The molecule has 0 unspecified atom stereocenters. The highest BCUT2D eigenvalue weighted by Crippen LogP contribution is 2.35. The molecule has 0 spiro atoms. The van der Waals surface area contributed by atoms with Crippen molar-refractivity contribution in [1.82, 2.24) is 25.5 Å². The van der Waals surface area contributed by atoms with Gasteiger partial charge in [-0.1, -0.05) is 29.8 Å². The van der Waals surface area contributed by atoms with E-state index in [4.69, 9.17) is 16.0 Å². The number of benzene rings is 2. The summed E-state index contributed by atoms with van der Waals surface area (Å²) in [5.74, 6) is -0.288. The molecule has 2 aromatic carbocycles. The number of carbonyl (C=O) groups excluding carboxylic acids is 2. The molecule has 4 aromatic rings. The quantitative estimate of drug-likeness (QED) is 0.317. The highest BCUT2D eigenvalue weighted by atomic mass is 35.5. The second kappa shape index (κ2) is 11.3. The number of amides is 2. The number of alkyl halides is 3. The monoisotopic (exact) mass is 560 g/mol. The number of tetrazole rings is 1. The van der Waals surface area contributed by atoms with Crippen molar-refractivity contribution in [2.24, 2.45) is 0 Å². The lowest BCUT2D eigenvalue weighted by Gasteiger charge is -2.32. The molecule has 0 radical (unpaired) electrons. The van der Waals surface area contributed by atoms with E-state index >= 15 is 0 Å². The molecule has 0 aliphatic heterocycles. The minimum Gasteiger partial charge on any atom is -0.458 e. The fraction of sp³-hybridized carbons (Fsp3) is 0.269. The van der Waals surface area contributed by atoms with Gasteiger partial charge in [0, 0.05) is 16.8 Å². The molecular weight excluding hydrogens is 537 g/mol. The van der Waals surface area contributed by atoms with Crippen molar-refractivity contribution in [2.75, 3.05) is 4.90 Å². The highest BCUT2D eigenvalue weighted by Gasteiger charge is 2.36. The number of aromatic nitrogens is 4. The van der Waals surface area contributed by atoms with Gasteiger partial charge in [-0.2, -0.15) is 18.0 Å². The van der Waals surface area contributed by atoms with E-state index < -0.39 is 36.1 Å². The number of anilines is 1. The van der Waals surface area contributed by atoms with Crippen LogP contribution in [0.2, 0.25) is 5.02 Å². The minimum atomic E-state index is -4.68. The lowest BCUT2D eigenvalue weighted by atomic mass is 10.0. The molecule has 0 aliphatic rings. The third-order valence-electron chi connectivity index (χ3n) is 5.53. The molecule has 1 N–H and O–H groups in total. The van der Waals surface area contributed by atoms with Crippen LogP contribution in [0.15, 0.2) is 65.1 Å². The van der Waals surface area contributed by atoms with Gasteiger partial charge in [-0.25, -0.2) is 0 Å². The van der Waals surface area contributed by atoms with Crippen LogP contribution >= 0.6 is 11.6 Å². The number of hydrogen-bond donors (Lipinski definition) is 1. The van der Waals surface area contributed by atoms with Crippen molar-refractivity contribution in [3.63, 3.8) is 0 Å². The first-order valence-corrected chi connectivity index (χ1v) is 12.2. The van der Waals surface area contributed by atoms with E-state index in [2.05, 4.69) is 20.7 Å². The van der Waals surface area contributed by atoms with E-state index in [1.165, 1.54) is 36.4 Å². The predicted octanol–water partition coefficient (Wildman–Crippen LogP) is 5.21. The highest BCUT2D eigenvalue weighted by molar-refractivity contribution is 6.30. The number of rotatable bonds is 8. The van der Waals surface area contributed by atoms with Gasteiger partial charge in [-0.15, -0.1) is 10.2 Å². The number of furan rings is 1. The molecule has 9 nitrogen and oxygen atoms in total. The van der Waals surface area contributed by atoms with Crippen LogP contribution < -0.4 is 10.2 Å². The van der Waals surface area contributed by atoms with Crippen molar-refractivity contribution < 1.29 is 27.2 Å². The molecule has 0 fully saturated rings. The normalized spacial score (nSPS) is 12.4. The zero-order valence-electron chi connectivity index (χ0n) is 21.1. The third kappa shape index (κ3) is 6.63. The summed E-state index contributed by atoms with van der Waals surface area (Å²) in [6.07, 6.45) is -4.68. The Morgan fingerprint density at radius 3 is 2.44 bits per heavy atom. The lowest BCUT2D eigenvalue weighted by molar-refractivity contribution is -0.137. The van der Waals surface area contributed by atoms with Crippen molar-refractivity contribution in [2.45, 2.75) is 45.6 Å². The Bertz CT molecular complexity index is 1470. The van der Waals surface area contributed by atoms with E-state index in [0.29, 0.717) is 22.1 Å². The molecule has 0 bridgehead atoms. The summed E-state index contributed by atoms with van der Waals surface area (Å²) in [5, 5.41) is 15.1. The van der Waals surface area contributed by atoms with Gasteiger partial charge in [0.15, 0.2) is 5.76 Å². The molecule has 13 heteroatoms. The van der Waals surface area contributed by atoms with Gasteiger partial charge in [0.25, 0.3) is 5.91 Å². The second-order valence-electron chi connectivity index (χ2n) is 8.98. The summed E-state index contributed by atoms with van der Waals surface area (Å²) >= 11 is 6.03. The molecule has 2 aromatic heterocycles. The Morgan fingerprint density at radius 1 is 1.10 bits per heavy atom. The standard InChI is InChI=1S/C26H24ClF3N6O3/c1-15(2)31-25(38)23(17-8-10-19(27)11-9-17)36(20-6-4-5-18(13-20)26(28,29)30)22(37)14-35-33-24(32-34-35)21-12-7-16(3)39-21/h4-13,15,23H,14H2,1-3H3,(H,31,38)/t23-/m1/s1. The van der Waals surface area contributed by atoms with Crippen LogP contribution in [0.1, 0.15) is 36.8 Å². The summed E-state index contributed by atoms with van der Waals surface area (Å²) < 4.78 is 46.3. The van der Waals surface area contributed by atoms with Gasteiger partial charge >= 0.3 is 6.18 Å². The second-order valence-corrected chi connectivity index (χ2v) is 9.42. The Kier molecular flexibility index (Phi) is 8.05. The fourth-order valence-corrected chi connectivity index (χ4v) is 3.98. The minimum absolute atomic E-state index is 0.119. The maximum absolute atomic E-state index is 13.8. The smallest absolute Gasteiger partial charge is 0.416 e. The SMILES string of the molecule is Cc1ccc(-c2nnn(CC(=O)N(c3cccc(C(F)(F)F)c3)[C@@H](C(=O)NC(C)C)c3ccc(Cl)cc3)n2)o1. The molecule has 39 heavy (non-hydrogen) atoms. The molecule has 0 aliphatic carbocycles. The zero-order valence-corrected chi connectivity index (χ0v) is 21.9. The fourth-order valence-electron chi connectivity index (χ4n) is 3.86. The van der Waals surface area contributed by atoms with Crippen molar-refractivity contribution in [3.8, 4) is 11.6 Å². The summed E-state index contributed by atoms with van der Waals surface area (Å²) in [6, 6.07) is 12.0. The zero-order chi connectivity index (χ0) is 28.3. The van der Waals surface area contributed by atoms with Gasteiger partial charge < -0.3 is 9.73 Å². The topological polar surface area (TPSA) is 106 Å². The van der Waals surface area contributed by atoms with Crippen molar-refractivity contribution in [3.05, 3.63) is 82.6 Å². The summed E-state index contributed by atoms with van der Waals surface area (Å²) in [6.45, 7) is 4.67. The number of nitrogens with one attached hydrogen (secondary N) is 1. The number of aryl methyl sites for hydroxylation is 1. The van der Waals surface area contributed by atoms with Crippen LogP contribution in [0.3, 0.4) is 0 Å². The molecule has 2 amide bonds. The van der Waals surface area contributed by atoms with Gasteiger partial charge in [0.2, 0.25) is 11.7 Å². The van der Waals surface area contributed by atoms with E-state index in [0.717, 1.165) is 21.8 Å². The van der Waals surface area contributed by atoms with Crippen LogP contribution in [0.4, 0.5) is 18.9 Å². The Balaban J connectivity index is 1.79. The number of carbonyl (C=O) groups is 2. The molecule has 0 saturated carbocycles. The van der Waals surface area contributed by atoms with Crippen molar-refractivity contribution in [1.29, 1.82) is 0 Å². The maximum Gasteiger partial charge on any atom is 0.416 e. The first kappa shape index (κ1) is 27.8. The molecule has 204 valence electrons. The lowest BCUT2D eigenvalue weighted by Crippen LogP contribution is -2.47. The molecule has 2 heterocycles. The van der Waals surface area contributed by atoms with Crippen molar-refractivity contribution >= 4 is 29.1 Å². The van der Waals surface area contributed by atoms with E-state index in [9.17, 15) is 22.8 Å². The largest absolute Gasteiger partial charge is 0.458 e. The van der Waals surface area contributed by atoms with Crippen LogP contribution in [-0.4, -0.2) is 38.1 Å². The Hall–Kier alpha value is -4.19. The number of halogens is 4. The predicted molar refractivity (Wildman–Crippen MR) is 137 cm³/mol. The van der Waals surface area contributed by atoms with Gasteiger partial charge in [-0.05, 0) is 74.0 Å². The van der Waals surface area contributed by atoms with E-state index in [1.807, 2.05) is 0 Å². The Labute approximate surface area is 226 Å². The maximum atomic E-state index is 13.8. The summed E-state index contributed by atoms with van der Waals surface area (Å²) in [5.41, 5.74) is -0.788. The first-order chi connectivity index (χ1) is 18.4. The van der Waals surface area contributed by atoms with Gasteiger partial charge in [0.05, 0.1) is 5.56 Å². The van der Waals surface area contributed by atoms with Crippen LogP contribution in [0.25, 0.3) is 11.6 Å². The molecule has 0 saturated heterocycles. The van der Waals surface area contributed by atoms with E-state index in [-0.39, 0.29) is 17.6 Å². The molecular formula is C26H24ClF3N6O3. The number of hydrogen-bond acceptors (Lipinski definition) is 6. The number of nitrogens with zero attached hydrogens (tertiary/aromatic N) is 5. The van der Waals surface area contributed by atoms with Gasteiger partial charge in [0.1, 0.15) is 18.3 Å². The molecule has 1 atom stereocenters. The average molecular weight is 561 g/mol. The van der Waals surface area contributed by atoms with Gasteiger partial charge in [-0.3, -0.25) is 14.5 Å². The Morgan fingerprint density at radius 2 is 1.82 bits per heavy atom. The van der Waals surface area contributed by atoms with Crippen LogP contribution in [0, 0.1) is 6.92 Å². The first-order valence-electron chi connectivity index (χ1n) is 11.8. The van der Waals surface area contributed by atoms with Crippen LogP contribution in [-0.2, 0) is 22.3 Å². The third-order valence-corrected chi connectivity index (χ3v) is 5.79. The van der Waals surface area contributed by atoms with E-state index in [1.54, 1.807) is 32.9 Å². The average Bonchev–Trinajstić information content (AvgIpc) is 3.51. The molecule has 4 rings (SSSR count). The summed E-state index contributed by atoms with van der Waals surface area (Å²) in [7, 11) is 0.